The van der Waals surface area contributed by atoms with Crippen molar-refractivity contribution in [3.8, 4) is 28.1 Å². The summed E-state index contributed by atoms with van der Waals surface area (Å²) in [5, 5.41) is 9.17. The number of carboxylic acids is 1. The number of hydrogen-bond donors (Lipinski definition) is 1. The van der Waals surface area contributed by atoms with Gasteiger partial charge in [0.15, 0.2) is 0 Å². The second-order valence-electron chi connectivity index (χ2n) is 8.85. The van der Waals surface area contributed by atoms with Crippen LogP contribution in [-0.2, 0) is 25.3 Å². The maximum atomic E-state index is 11.2. The number of nitrogens with zero attached hydrogens (tertiary/aromatic N) is 1. The van der Waals surface area contributed by atoms with Crippen LogP contribution in [0.4, 0.5) is 0 Å². The molecule has 5 rings (SSSR count). The average Bonchev–Trinajstić information content (AvgIpc) is 3.04. The van der Waals surface area contributed by atoms with Crippen molar-refractivity contribution in [3.63, 3.8) is 0 Å². The van der Waals surface area contributed by atoms with E-state index in [1.54, 1.807) is 12.1 Å². The van der Waals surface area contributed by atoms with Gasteiger partial charge in [-0.05, 0) is 59.6 Å². The molecular formula is C25H25NO3. The second kappa shape index (κ2) is 6.24. The number of fused-ring (bicyclic) bond motifs is 4. The number of rotatable bonds is 2. The molecule has 0 radical (unpaired) electrons. The number of carbonyl (C=O) groups is 1. The molecule has 29 heavy (non-hydrogen) atoms. The first-order valence-electron chi connectivity index (χ1n) is 10.2. The first kappa shape index (κ1) is 18.0. The maximum Gasteiger partial charge on any atom is 0.335 e. The lowest BCUT2D eigenvalue weighted by Gasteiger charge is -2.34. The molecule has 0 atom stereocenters. The predicted molar refractivity (Wildman–Crippen MR) is 114 cm³/mol. The molecule has 1 aliphatic heterocycles. The number of carboxylic acid groups (broad SMARTS) is 1. The van der Waals surface area contributed by atoms with Crippen LogP contribution in [0.2, 0.25) is 0 Å². The van der Waals surface area contributed by atoms with E-state index in [-0.39, 0.29) is 5.41 Å². The lowest BCUT2D eigenvalue weighted by atomic mass is 9.76. The summed E-state index contributed by atoms with van der Waals surface area (Å²) in [5.41, 5.74) is 9.27. The molecule has 0 fully saturated rings. The number of ether oxygens (including phenoxy) is 1. The maximum absolute atomic E-state index is 11.2. The van der Waals surface area contributed by atoms with Gasteiger partial charge in [0.1, 0.15) is 5.75 Å². The zero-order valence-electron chi connectivity index (χ0n) is 17.1. The van der Waals surface area contributed by atoms with Gasteiger partial charge in [-0.25, -0.2) is 4.79 Å². The van der Waals surface area contributed by atoms with Crippen LogP contribution in [0.5, 0.6) is 5.75 Å². The van der Waals surface area contributed by atoms with Crippen molar-refractivity contribution in [3.05, 3.63) is 64.8 Å². The quantitative estimate of drug-likeness (QED) is 0.656. The number of aromatic nitrogens is 1. The van der Waals surface area contributed by atoms with Crippen LogP contribution >= 0.6 is 0 Å². The molecule has 0 saturated carbocycles. The van der Waals surface area contributed by atoms with E-state index in [9.17, 15) is 4.79 Å². The molecular weight excluding hydrogens is 362 g/mol. The first-order valence-corrected chi connectivity index (χ1v) is 10.2. The Balaban J connectivity index is 1.64. The topological polar surface area (TPSA) is 51.5 Å². The largest absolute Gasteiger partial charge is 0.493 e. The molecule has 2 aliphatic rings. The molecule has 4 heteroatoms. The van der Waals surface area contributed by atoms with Crippen molar-refractivity contribution in [2.24, 2.45) is 7.05 Å². The van der Waals surface area contributed by atoms with E-state index in [2.05, 4.69) is 43.8 Å². The monoisotopic (exact) mass is 387 g/mol. The number of hydrogen-bond acceptors (Lipinski definition) is 2. The van der Waals surface area contributed by atoms with Gasteiger partial charge in [0, 0.05) is 29.9 Å². The van der Waals surface area contributed by atoms with E-state index < -0.39 is 5.97 Å². The van der Waals surface area contributed by atoms with Crippen molar-refractivity contribution in [1.82, 2.24) is 4.57 Å². The molecule has 1 aliphatic carbocycles. The van der Waals surface area contributed by atoms with Gasteiger partial charge in [-0.15, -0.1) is 0 Å². The standard InChI is InChI=1S/C25H25NO3/c1-25(2)10-11-29-22-13-19-17(12-21(22)25)8-9-18-20(14-26(3)23(18)19)15-4-6-16(7-5-15)24(27)28/h4-7,12-14H,8-11H2,1-3H3,(H,27,28). The van der Waals surface area contributed by atoms with Crippen molar-refractivity contribution < 1.29 is 14.6 Å². The van der Waals surface area contributed by atoms with Crippen LogP contribution in [0, 0.1) is 0 Å². The molecule has 0 saturated heterocycles. The second-order valence-corrected chi connectivity index (χ2v) is 8.85. The Hall–Kier alpha value is -3.01. The molecule has 3 aromatic rings. The van der Waals surface area contributed by atoms with Crippen molar-refractivity contribution >= 4 is 5.97 Å². The van der Waals surface area contributed by atoms with Crippen LogP contribution in [0.3, 0.4) is 0 Å². The zero-order valence-corrected chi connectivity index (χ0v) is 17.1. The predicted octanol–water partition coefficient (Wildman–Crippen LogP) is 5.22. The van der Waals surface area contributed by atoms with E-state index in [0.717, 1.165) is 37.2 Å². The van der Waals surface area contributed by atoms with Crippen molar-refractivity contribution in [1.29, 1.82) is 0 Å². The van der Waals surface area contributed by atoms with Crippen molar-refractivity contribution in [2.45, 2.75) is 38.5 Å². The van der Waals surface area contributed by atoms with Crippen LogP contribution in [0.1, 0.15) is 47.3 Å². The third-order valence-electron chi connectivity index (χ3n) is 6.55. The lowest BCUT2D eigenvalue weighted by molar-refractivity contribution is 0.0697. The molecule has 1 aromatic heterocycles. The summed E-state index contributed by atoms with van der Waals surface area (Å²) in [7, 11) is 2.09. The number of aromatic carboxylic acids is 1. The minimum absolute atomic E-state index is 0.147. The fourth-order valence-corrected chi connectivity index (χ4v) is 4.83. The normalized spacial score (nSPS) is 16.4. The third-order valence-corrected chi connectivity index (χ3v) is 6.55. The van der Waals surface area contributed by atoms with Gasteiger partial charge in [-0.1, -0.05) is 32.0 Å². The third kappa shape index (κ3) is 2.78. The smallest absolute Gasteiger partial charge is 0.335 e. The van der Waals surface area contributed by atoms with E-state index in [1.807, 2.05) is 12.1 Å². The molecule has 0 spiro atoms. The van der Waals surface area contributed by atoms with Gasteiger partial charge in [0.2, 0.25) is 0 Å². The van der Waals surface area contributed by atoms with Gasteiger partial charge in [-0.2, -0.15) is 0 Å². The Morgan fingerprint density at radius 3 is 2.59 bits per heavy atom. The van der Waals surface area contributed by atoms with Gasteiger partial charge in [0.25, 0.3) is 0 Å². The van der Waals surface area contributed by atoms with Crippen LogP contribution in [0.15, 0.2) is 42.6 Å². The van der Waals surface area contributed by atoms with Gasteiger partial charge >= 0.3 is 5.97 Å². The van der Waals surface area contributed by atoms with E-state index in [1.165, 1.54) is 33.5 Å². The lowest BCUT2D eigenvalue weighted by Crippen LogP contribution is -2.27. The van der Waals surface area contributed by atoms with Gasteiger partial charge < -0.3 is 14.4 Å². The number of aryl methyl sites for hydroxylation is 2. The summed E-state index contributed by atoms with van der Waals surface area (Å²) >= 11 is 0. The Morgan fingerprint density at radius 2 is 1.86 bits per heavy atom. The summed E-state index contributed by atoms with van der Waals surface area (Å²) in [6, 6.07) is 11.8. The summed E-state index contributed by atoms with van der Waals surface area (Å²) in [5.74, 6) is 0.120. The fourth-order valence-electron chi connectivity index (χ4n) is 4.83. The minimum Gasteiger partial charge on any atom is -0.493 e. The molecule has 0 bridgehead atoms. The zero-order chi connectivity index (χ0) is 20.3. The fraction of sp³-hybridized carbons (Fsp3) is 0.320. The molecule has 2 aromatic carbocycles. The molecule has 2 heterocycles. The molecule has 1 N–H and O–H groups in total. The average molecular weight is 387 g/mol. The van der Waals surface area contributed by atoms with Crippen LogP contribution in [0.25, 0.3) is 22.4 Å². The summed E-state index contributed by atoms with van der Waals surface area (Å²) in [6.07, 6.45) is 5.21. The highest BCUT2D eigenvalue weighted by Crippen LogP contribution is 2.46. The summed E-state index contributed by atoms with van der Waals surface area (Å²) < 4.78 is 8.24. The Morgan fingerprint density at radius 1 is 1.10 bits per heavy atom. The van der Waals surface area contributed by atoms with Crippen molar-refractivity contribution in [2.75, 3.05) is 6.61 Å². The van der Waals surface area contributed by atoms with E-state index in [4.69, 9.17) is 9.84 Å². The first-order chi connectivity index (χ1) is 13.8. The SMILES string of the molecule is Cn1cc(-c2ccc(C(=O)O)cc2)c2c1-c1cc3c(cc1CC2)C(C)(C)CCO3. The number of benzene rings is 2. The van der Waals surface area contributed by atoms with E-state index >= 15 is 0 Å². The molecule has 148 valence electrons. The van der Waals surface area contributed by atoms with Crippen LogP contribution < -0.4 is 4.74 Å². The molecule has 4 nitrogen and oxygen atoms in total. The molecule has 0 amide bonds. The highest BCUT2D eigenvalue weighted by molar-refractivity contribution is 5.89. The van der Waals surface area contributed by atoms with Gasteiger partial charge in [-0.3, -0.25) is 0 Å². The molecule has 0 unspecified atom stereocenters. The van der Waals surface area contributed by atoms with E-state index in [0.29, 0.717) is 5.56 Å². The summed E-state index contributed by atoms with van der Waals surface area (Å²) in [4.78, 5) is 11.2. The highest BCUT2D eigenvalue weighted by atomic mass is 16.5. The highest BCUT2D eigenvalue weighted by Gasteiger charge is 2.32. The van der Waals surface area contributed by atoms with Gasteiger partial charge in [0.05, 0.1) is 17.9 Å². The Labute approximate surface area is 170 Å². The minimum atomic E-state index is -0.895. The van der Waals surface area contributed by atoms with Crippen LogP contribution in [-0.4, -0.2) is 22.2 Å². The Kier molecular flexibility index (Phi) is 3.89. The summed E-state index contributed by atoms with van der Waals surface area (Å²) in [6.45, 7) is 5.37. The Bertz CT molecular complexity index is 1140.